The number of rotatable bonds is 8. The second-order valence-electron chi connectivity index (χ2n) is 7.72. The van der Waals surface area contributed by atoms with E-state index in [9.17, 15) is 9.59 Å². The highest BCUT2D eigenvalue weighted by Crippen LogP contribution is 2.35. The van der Waals surface area contributed by atoms with Gasteiger partial charge in [-0.15, -0.1) is 0 Å². The number of hydrogen-bond acceptors (Lipinski definition) is 5. The Morgan fingerprint density at radius 1 is 1.09 bits per heavy atom. The van der Waals surface area contributed by atoms with Crippen LogP contribution in [0.25, 0.3) is 6.08 Å². The van der Waals surface area contributed by atoms with Gasteiger partial charge < -0.3 is 19.5 Å². The number of benzene rings is 2. The SMILES string of the molecule is COC(=O)[C@H](CC=Cc1ccc(C2(OC)CCOCC2)cc1)NC(=O)c1c(Cl)cccc1Cl. The van der Waals surface area contributed by atoms with Crippen molar-refractivity contribution in [3.8, 4) is 0 Å². The maximum absolute atomic E-state index is 12.7. The van der Waals surface area contributed by atoms with E-state index in [1.807, 2.05) is 36.4 Å². The van der Waals surface area contributed by atoms with Crippen LogP contribution in [0.4, 0.5) is 0 Å². The molecule has 0 spiro atoms. The second-order valence-corrected chi connectivity index (χ2v) is 8.53. The fourth-order valence-electron chi connectivity index (χ4n) is 3.85. The molecule has 1 aliphatic heterocycles. The van der Waals surface area contributed by atoms with Gasteiger partial charge >= 0.3 is 5.97 Å². The molecule has 6 nitrogen and oxygen atoms in total. The number of methoxy groups -OCH3 is 2. The number of amides is 1. The minimum Gasteiger partial charge on any atom is -0.467 e. The number of carbonyl (C=O) groups is 2. The summed E-state index contributed by atoms with van der Waals surface area (Å²) in [5.41, 5.74) is 1.87. The van der Waals surface area contributed by atoms with Crippen molar-refractivity contribution in [3.63, 3.8) is 0 Å². The molecule has 33 heavy (non-hydrogen) atoms. The molecule has 1 heterocycles. The number of hydrogen-bond donors (Lipinski definition) is 1. The summed E-state index contributed by atoms with van der Waals surface area (Å²) in [5, 5.41) is 3.07. The van der Waals surface area contributed by atoms with E-state index in [1.54, 1.807) is 25.3 Å². The van der Waals surface area contributed by atoms with Crippen molar-refractivity contribution < 1.29 is 23.8 Å². The Balaban J connectivity index is 1.68. The Bertz CT molecular complexity index is 980. The summed E-state index contributed by atoms with van der Waals surface area (Å²) in [4.78, 5) is 24.9. The lowest BCUT2D eigenvalue weighted by Gasteiger charge is -2.36. The molecule has 0 saturated carbocycles. The summed E-state index contributed by atoms with van der Waals surface area (Å²) < 4.78 is 16.1. The van der Waals surface area contributed by atoms with Crippen molar-refractivity contribution in [1.29, 1.82) is 0 Å². The highest BCUT2D eigenvalue weighted by molar-refractivity contribution is 6.39. The molecule has 0 unspecified atom stereocenters. The minimum absolute atomic E-state index is 0.120. The minimum atomic E-state index is -0.885. The topological polar surface area (TPSA) is 73.9 Å². The molecule has 1 fully saturated rings. The molecule has 2 aromatic rings. The van der Waals surface area contributed by atoms with Crippen molar-refractivity contribution in [2.45, 2.75) is 30.9 Å². The van der Waals surface area contributed by atoms with Gasteiger partial charge in [-0.1, -0.05) is 65.7 Å². The smallest absolute Gasteiger partial charge is 0.328 e. The average molecular weight is 492 g/mol. The molecule has 1 atom stereocenters. The van der Waals surface area contributed by atoms with Crippen LogP contribution in [0.3, 0.4) is 0 Å². The first-order valence-corrected chi connectivity index (χ1v) is 11.4. The van der Waals surface area contributed by atoms with Gasteiger partial charge in [0.1, 0.15) is 6.04 Å². The third kappa shape index (κ3) is 6.15. The highest BCUT2D eigenvalue weighted by Gasteiger charge is 2.34. The molecule has 1 amide bonds. The maximum atomic E-state index is 12.7. The molecule has 0 aromatic heterocycles. The van der Waals surface area contributed by atoms with E-state index in [2.05, 4.69) is 5.32 Å². The van der Waals surface area contributed by atoms with Crippen LogP contribution in [0.1, 0.15) is 40.7 Å². The van der Waals surface area contributed by atoms with Gasteiger partial charge in [-0.3, -0.25) is 4.79 Å². The summed E-state index contributed by atoms with van der Waals surface area (Å²) in [5.74, 6) is -1.10. The van der Waals surface area contributed by atoms with Crippen LogP contribution in [-0.4, -0.2) is 45.4 Å². The zero-order chi connectivity index (χ0) is 23.8. The van der Waals surface area contributed by atoms with Crippen molar-refractivity contribution in [2.75, 3.05) is 27.4 Å². The van der Waals surface area contributed by atoms with E-state index in [4.69, 9.17) is 37.4 Å². The fourth-order valence-corrected chi connectivity index (χ4v) is 4.42. The summed E-state index contributed by atoms with van der Waals surface area (Å²) in [6.07, 6.45) is 5.56. The predicted octanol–water partition coefficient (Wildman–Crippen LogP) is 5.02. The number of halogens is 2. The zero-order valence-corrected chi connectivity index (χ0v) is 20.1. The van der Waals surface area contributed by atoms with Gasteiger partial charge in [-0.25, -0.2) is 4.79 Å². The standard InChI is InChI=1S/C25H27Cl2NO5/c1-31-24(30)21(28-23(29)22-19(26)6-4-7-20(22)27)8-3-5-17-9-11-18(12-10-17)25(32-2)13-15-33-16-14-25/h3-7,9-12,21H,8,13-16H2,1-2H3,(H,28,29)/t21-/m0/s1. The van der Waals surface area contributed by atoms with Crippen molar-refractivity contribution in [2.24, 2.45) is 0 Å². The van der Waals surface area contributed by atoms with Gasteiger partial charge in [0.25, 0.3) is 5.91 Å². The van der Waals surface area contributed by atoms with Crippen molar-refractivity contribution in [3.05, 3.63) is 75.3 Å². The Morgan fingerprint density at radius 3 is 2.30 bits per heavy atom. The molecule has 2 aromatic carbocycles. The van der Waals surface area contributed by atoms with E-state index in [1.165, 1.54) is 7.11 Å². The first-order valence-electron chi connectivity index (χ1n) is 10.6. The summed E-state index contributed by atoms with van der Waals surface area (Å²) in [6.45, 7) is 1.35. The average Bonchev–Trinajstić information content (AvgIpc) is 2.83. The van der Waals surface area contributed by atoms with Gasteiger partial charge in [0.2, 0.25) is 0 Å². The van der Waals surface area contributed by atoms with Crippen LogP contribution >= 0.6 is 23.2 Å². The van der Waals surface area contributed by atoms with Crippen LogP contribution < -0.4 is 5.32 Å². The fraction of sp³-hybridized carbons (Fsp3) is 0.360. The van der Waals surface area contributed by atoms with Crippen LogP contribution in [0.5, 0.6) is 0 Å². The Hall–Kier alpha value is -2.38. The van der Waals surface area contributed by atoms with Crippen LogP contribution in [0.2, 0.25) is 10.0 Å². The van der Waals surface area contributed by atoms with Gasteiger partial charge in [-0.2, -0.15) is 0 Å². The third-order valence-corrected chi connectivity index (χ3v) is 6.42. The molecule has 0 aliphatic carbocycles. The highest BCUT2D eigenvalue weighted by atomic mass is 35.5. The van der Waals surface area contributed by atoms with E-state index < -0.39 is 17.9 Å². The van der Waals surface area contributed by atoms with E-state index >= 15 is 0 Å². The van der Waals surface area contributed by atoms with Crippen molar-refractivity contribution >= 4 is 41.2 Å². The van der Waals surface area contributed by atoms with Gasteiger partial charge in [0.05, 0.1) is 28.3 Å². The number of ether oxygens (including phenoxy) is 3. The summed E-state index contributed by atoms with van der Waals surface area (Å²) in [6, 6.07) is 12.0. The summed E-state index contributed by atoms with van der Waals surface area (Å²) in [7, 11) is 3.00. The molecule has 8 heteroatoms. The molecule has 1 aliphatic rings. The summed E-state index contributed by atoms with van der Waals surface area (Å²) >= 11 is 12.2. The zero-order valence-electron chi connectivity index (χ0n) is 18.6. The molecular weight excluding hydrogens is 465 g/mol. The molecule has 0 bridgehead atoms. The lowest BCUT2D eigenvalue weighted by Crippen LogP contribution is -2.41. The van der Waals surface area contributed by atoms with E-state index in [-0.39, 0.29) is 27.6 Å². The molecule has 0 radical (unpaired) electrons. The third-order valence-electron chi connectivity index (χ3n) is 5.79. The molecule has 1 saturated heterocycles. The Kier molecular flexibility index (Phi) is 8.92. The predicted molar refractivity (Wildman–Crippen MR) is 129 cm³/mol. The maximum Gasteiger partial charge on any atom is 0.328 e. The van der Waals surface area contributed by atoms with Gasteiger partial charge in [0.15, 0.2) is 0 Å². The van der Waals surface area contributed by atoms with Gasteiger partial charge in [0, 0.05) is 33.2 Å². The van der Waals surface area contributed by atoms with E-state index in [0.29, 0.717) is 13.2 Å². The number of carbonyl (C=O) groups excluding carboxylic acids is 2. The molecule has 1 N–H and O–H groups in total. The van der Waals surface area contributed by atoms with E-state index in [0.717, 1.165) is 24.0 Å². The monoisotopic (exact) mass is 491 g/mol. The Labute approximate surface area is 203 Å². The van der Waals surface area contributed by atoms with Crippen LogP contribution in [0.15, 0.2) is 48.5 Å². The first kappa shape index (κ1) is 25.2. The number of nitrogens with one attached hydrogen (secondary N) is 1. The largest absolute Gasteiger partial charge is 0.467 e. The Morgan fingerprint density at radius 2 is 1.73 bits per heavy atom. The molecule has 176 valence electrons. The molecule has 3 rings (SSSR count). The van der Waals surface area contributed by atoms with Gasteiger partial charge in [-0.05, 0) is 29.7 Å². The number of esters is 1. The second kappa shape index (κ2) is 11.7. The normalized spacial score (nSPS) is 16.4. The van der Waals surface area contributed by atoms with Crippen LogP contribution in [-0.2, 0) is 24.6 Å². The lowest BCUT2D eigenvalue weighted by molar-refractivity contribution is -0.142. The van der Waals surface area contributed by atoms with Crippen LogP contribution in [0, 0.1) is 0 Å². The quantitative estimate of drug-likeness (QED) is 0.524. The first-order chi connectivity index (χ1) is 15.9. The molecular formula is C25H27Cl2NO5. The lowest BCUT2D eigenvalue weighted by atomic mass is 9.86. The van der Waals surface area contributed by atoms with Crippen molar-refractivity contribution in [1.82, 2.24) is 5.32 Å².